The number of aromatic nitrogens is 2. The Morgan fingerprint density at radius 1 is 1.38 bits per heavy atom. The lowest BCUT2D eigenvalue weighted by Gasteiger charge is -2.25. The van der Waals surface area contributed by atoms with E-state index in [1.807, 2.05) is 18.7 Å². The second-order valence-corrected chi connectivity index (χ2v) is 5.60. The number of ether oxygens (including phenoxy) is 1. The van der Waals surface area contributed by atoms with Gasteiger partial charge in [-0.1, -0.05) is 18.2 Å². The topological polar surface area (TPSA) is 65.1 Å². The van der Waals surface area contributed by atoms with Gasteiger partial charge >= 0.3 is 0 Å². The van der Waals surface area contributed by atoms with E-state index in [1.165, 1.54) is 5.56 Å². The Bertz CT molecular complexity index is 663. The van der Waals surface area contributed by atoms with Crippen LogP contribution in [-0.4, -0.2) is 16.4 Å². The van der Waals surface area contributed by atoms with Crippen LogP contribution in [0.25, 0.3) is 0 Å². The molecule has 5 nitrogen and oxygen atoms in total. The quantitative estimate of drug-likeness (QED) is 0.668. The molecule has 2 heterocycles. The summed E-state index contributed by atoms with van der Waals surface area (Å²) in [5.74, 6) is 6.86. The van der Waals surface area contributed by atoms with E-state index in [2.05, 4.69) is 35.6 Å². The summed E-state index contributed by atoms with van der Waals surface area (Å²) in [6.45, 7) is 4.85. The van der Waals surface area contributed by atoms with Crippen molar-refractivity contribution in [2.45, 2.75) is 32.7 Å². The molecule has 0 aliphatic carbocycles. The molecule has 0 saturated heterocycles. The van der Waals surface area contributed by atoms with Gasteiger partial charge in [-0.05, 0) is 32.3 Å². The first-order valence-electron chi connectivity index (χ1n) is 7.34. The molecule has 5 heteroatoms. The van der Waals surface area contributed by atoms with Crippen LogP contribution >= 0.6 is 0 Å². The van der Waals surface area contributed by atoms with Crippen LogP contribution in [0.1, 0.15) is 40.5 Å². The fourth-order valence-electron chi connectivity index (χ4n) is 3.18. The van der Waals surface area contributed by atoms with Gasteiger partial charge in [-0.25, -0.2) is 5.43 Å². The standard InChI is InChI=1S/C16H22N4O/c1-10-14(11(2)20(3)19-10)15(18-17)13-8-4-6-12-7-5-9-21-16(12)13/h4,6,8,15,18H,5,7,9,17H2,1-3H3. The first-order chi connectivity index (χ1) is 10.1. The van der Waals surface area contributed by atoms with Crippen LogP contribution in [0.4, 0.5) is 0 Å². The molecule has 1 unspecified atom stereocenters. The summed E-state index contributed by atoms with van der Waals surface area (Å²) in [6, 6.07) is 6.19. The molecule has 0 bridgehead atoms. The Balaban J connectivity index is 2.13. The number of nitrogens with two attached hydrogens (primary N) is 1. The van der Waals surface area contributed by atoms with Crippen molar-refractivity contribution in [3.8, 4) is 5.75 Å². The molecule has 21 heavy (non-hydrogen) atoms. The normalized spacial score (nSPS) is 15.4. The molecule has 0 fully saturated rings. The van der Waals surface area contributed by atoms with E-state index in [4.69, 9.17) is 10.6 Å². The van der Waals surface area contributed by atoms with E-state index in [0.717, 1.165) is 47.7 Å². The Morgan fingerprint density at radius 2 is 2.19 bits per heavy atom. The number of nitrogens with zero attached hydrogens (tertiary/aromatic N) is 2. The minimum absolute atomic E-state index is 0.105. The third-order valence-corrected chi connectivity index (χ3v) is 4.30. The number of rotatable bonds is 3. The third-order valence-electron chi connectivity index (χ3n) is 4.30. The van der Waals surface area contributed by atoms with E-state index in [-0.39, 0.29) is 6.04 Å². The van der Waals surface area contributed by atoms with Gasteiger partial charge in [0.05, 0.1) is 18.3 Å². The van der Waals surface area contributed by atoms with Gasteiger partial charge in [-0.2, -0.15) is 5.10 Å². The average Bonchev–Trinajstić information content (AvgIpc) is 2.75. The SMILES string of the molecule is Cc1nn(C)c(C)c1C(NN)c1cccc2c1OCCC2. The molecule has 1 aromatic heterocycles. The molecule has 0 saturated carbocycles. The van der Waals surface area contributed by atoms with E-state index < -0.39 is 0 Å². The summed E-state index contributed by atoms with van der Waals surface area (Å²) < 4.78 is 7.82. The number of hydrogen-bond acceptors (Lipinski definition) is 4. The number of benzene rings is 1. The van der Waals surface area contributed by atoms with Gasteiger partial charge in [-0.3, -0.25) is 10.5 Å². The van der Waals surface area contributed by atoms with Crippen LogP contribution in [-0.2, 0) is 13.5 Å². The van der Waals surface area contributed by atoms with Crippen LogP contribution in [0.15, 0.2) is 18.2 Å². The first kappa shape index (κ1) is 14.1. The number of aryl methyl sites for hydroxylation is 3. The molecule has 3 N–H and O–H groups in total. The van der Waals surface area contributed by atoms with Gasteiger partial charge in [0, 0.05) is 23.9 Å². The molecule has 2 aromatic rings. The highest BCUT2D eigenvalue weighted by Gasteiger charge is 2.26. The van der Waals surface area contributed by atoms with Crippen molar-refractivity contribution in [2.75, 3.05) is 6.61 Å². The lowest BCUT2D eigenvalue weighted by atomic mass is 9.93. The molecule has 3 rings (SSSR count). The summed E-state index contributed by atoms with van der Waals surface area (Å²) in [6.07, 6.45) is 2.13. The summed E-state index contributed by atoms with van der Waals surface area (Å²) in [7, 11) is 1.95. The number of para-hydroxylation sites is 1. The predicted octanol–water partition coefficient (Wildman–Crippen LogP) is 1.91. The van der Waals surface area contributed by atoms with Crippen molar-refractivity contribution < 1.29 is 4.74 Å². The van der Waals surface area contributed by atoms with Crippen molar-refractivity contribution in [3.05, 3.63) is 46.3 Å². The second-order valence-electron chi connectivity index (χ2n) is 5.60. The maximum atomic E-state index is 5.92. The Kier molecular flexibility index (Phi) is 3.69. The van der Waals surface area contributed by atoms with Gasteiger partial charge in [0.15, 0.2) is 0 Å². The highest BCUT2D eigenvalue weighted by molar-refractivity contribution is 5.49. The molecule has 1 aliphatic heterocycles. The largest absolute Gasteiger partial charge is 0.493 e. The fourth-order valence-corrected chi connectivity index (χ4v) is 3.18. The minimum Gasteiger partial charge on any atom is -0.493 e. The van der Waals surface area contributed by atoms with Gasteiger partial charge in [-0.15, -0.1) is 0 Å². The molecule has 112 valence electrons. The smallest absolute Gasteiger partial charge is 0.127 e. The van der Waals surface area contributed by atoms with Crippen molar-refractivity contribution in [1.82, 2.24) is 15.2 Å². The zero-order chi connectivity index (χ0) is 15.0. The number of hydrogen-bond donors (Lipinski definition) is 2. The highest BCUT2D eigenvalue weighted by atomic mass is 16.5. The molecule has 0 spiro atoms. The van der Waals surface area contributed by atoms with Crippen LogP contribution in [0, 0.1) is 13.8 Å². The van der Waals surface area contributed by atoms with Crippen molar-refractivity contribution >= 4 is 0 Å². The zero-order valence-electron chi connectivity index (χ0n) is 12.8. The van der Waals surface area contributed by atoms with Gasteiger partial charge in [0.2, 0.25) is 0 Å². The zero-order valence-corrected chi connectivity index (χ0v) is 12.8. The van der Waals surface area contributed by atoms with Gasteiger partial charge < -0.3 is 4.74 Å². The van der Waals surface area contributed by atoms with E-state index in [0.29, 0.717) is 0 Å². The lowest BCUT2D eigenvalue weighted by Crippen LogP contribution is -2.30. The second kappa shape index (κ2) is 5.50. The van der Waals surface area contributed by atoms with Crippen molar-refractivity contribution in [2.24, 2.45) is 12.9 Å². The fraction of sp³-hybridized carbons (Fsp3) is 0.438. The lowest BCUT2D eigenvalue weighted by molar-refractivity contribution is 0.283. The van der Waals surface area contributed by atoms with Crippen LogP contribution in [0.3, 0.4) is 0 Å². The summed E-state index contributed by atoms with van der Waals surface area (Å²) in [5.41, 5.74) is 8.53. The summed E-state index contributed by atoms with van der Waals surface area (Å²) in [4.78, 5) is 0. The van der Waals surface area contributed by atoms with Crippen LogP contribution in [0.5, 0.6) is 5.75 Å². The maximum Gasteiger partial charge on any atom is 0.127 e. The van der Waals surface area contributed by atoms with E-state index in [9.17, 15) is 0 Å². The van der Waals surface area contributed by atoms with Crippen LogP contribution < -0.4 is 16.0 Å². The summed E-state index contributed by atoms with van der Waals surface area (Å²) in [5, 5.41) is 4.50. The Morgan fingerprint density at radius 3 is 2.86 bits per heavy atom. The highest BCUT2D eigenvalue weighted by Crippen LogP contribution is 2.37. The molecule has 0 amide bonds. The molecular weight excluding hydrogens is 264 g/mol. The molecule has 1 aromatic carbocycles. The maximum absolute atomic E-state index is 5.92. The molecule has 1 atom stereocenters. The van der Waals surface area contributed by atoms with E-state index >= 15 is 0 Å². The van der Waals surface area contributed by atoms with E-state index in [1.54, 1.807) is 0 Å². The first-order valence-corrected chi connectivity index (χ1v) is 7.34. The van der Waals surface area contributed by atoms with Crippen molar-refractivity contribution in [3.63, 3.8) is 0 Å². The number of hydrazine groups is 1. The Labute approximate surface area is 125 Å². The molecular formula is C16H22N4O. The summed E-state index contributed by atoms with van der Waals surface area (Å²) >= 11 is 0. The molecule has 0 radical (unpaired) electrons. The third kappa shape index (κ3) is 2.32. The average molecular weight is 286 g/mol. The Hall–Kier alpha value is -1.85. The number of nitrogens with one attached hydrogen (secondary N) is 1. The van der Waals surface area contributed by atoms with Gasteiger partial charge in [0.1, 0.15) is 5.75 Å². The van der Waals surface area contributed by atoms with Crippen molar-refractivity contribution in [1.29, 1.82) is 0 Å². The molecule has 1 aliphatic rings. The minimum atomic E-state index is -0.105. The number of fused-ring (bicyclic) bond motifs is 1. The van der Waals surface area contributed by atoms with Gasteiger partial charge in [0.25, 0.3) is 0 Å². The monoisotopic (exact) mass is 286 g/mol. The predicted molar refractivity (Wildman–Crippen MR) is 82.1 cm³/mol. The van der Waals surface area contributed by atoms with Crippen LogP contribution in [0.2, 0.25) is 0 Å².